The van der Waals surface area contributed by atoms with Crippen LogP contribution in [0.5, 0.6) is 0 Å². The third kappa shape index (κ3) is 3.79. The van der Waals surface area contributed by atoms with Crippen molar-refractivity contribution in [2.75, 3.05) is 39.8 Å². The predicted molar refractivity (Wildman–Crippen MR) is 79.2 cm³/mol. The molecule has 1 N–H and O–H groups in total. The number of likely N-dealkylation sites (N-methyl/N-ethyl adjacent to an activating group) is 1. The van der Waals surface area contributed by atoms with E-state index in [2.05, 4.69) is 53.5 Å². The number of hydrogen-bond acceptors (Lipinski definition) is 4. The molecular weight excluding hydrogens is 242 g/mol. The van der Waals surface area contributed by atoms with E-state index in [9.17, 15) is 0 Å². The maximum atomic E-state index is 3.53. The molecule has 4 heteroatoms. The van der Waals surface area contributed by atoms with E-state index >= 15 is 0 Å². The van der Waals surface area contributed by atoms with Crippen LogP contribution in [0, 0.1) is 0 Å². The van der Waals surface area contributed by atoms with E-state index in [4.69, 9.17) is 0 Å². The summed E-state index contributed by atoms with van der Waals surface area (Å²) in [6.45, 7) is 11.5. The summed E-state index contributed by atoms with van der Waals surface area (Å²) in [6.07, 6.45) is 0. The van der Waals surface area contributed by atoms with Crippen LogP contribution in [0.2, 0.25) is 0 Å². The highest BCUT2D eigenvalue weighted by molar-refractivity contribution is 7.09. The van der Waals surface area contributed by atoms with E-state index in [0.717, 1.165) is 19.6 Å². The molecule has 0 amide bonds. The molecule has 2 rings (SSSR count). The fourth-order valence-electron chi connectivity index (χ4n) is 2.39. The number of hydrogen-bond donors (Lipinski definition) is 1. The summed E-state index contributed by atoms with van der Waals surface area (Å²) in [6, 6.07) is 4.31. The van der Waals surface area contributed by atoms with E-state index in [0.29, 0.717) is 5.54 Å². The first-order valence-corrected chi connectivity index (χ1v) is 7.62. The minimum absolute atomic E-state index is 0.312. The number of piperazine rings is 1. The molecule has 1 fully saturated rings. The van der Waals surface area contributed by atoms with Gasteiger partial charge >= 0.3 is 0 Å². The zero-order chi connectivity index (χ0) is 13.0. The lowest BCUT2D eigenvalue weighted by atomic mass is 10.00. The summed E-state index contributed by atoms with van der Waals surface area (Å²) >= 11 is 1.83. The van der Waals surface area contributed by atoms with E-state index in [1.807, 2.05) is 11.3 Å². The average molecular weight is 267 g/mol. The topological polar surface area (TPSA) is 18.5 Å². The van der Waals surface area contributed by atoms with Crippen molar-refractivity contribution >= 4 is 11.3 Å². The number of nitrogens with one attached hydrogen (secondary N) is 1. The van der Waals surface area contributed by atoms with Gasteiger partial charge < -0.3 is 5.32 Å². The molecule has 3 nitrogen and oxygen atoms in total. The molecule has 0 radical (unpaired) electrons. The highest BCUT2D eigenvalue weighted by atomic mass is 32.1. The molecule has 18 heavy (non-hydrogen) atoms. The fourth-order valence-corrected chi connectivity index (χ4v) is 3.07. The van der Waals surface area contributed by atoms with Gasteiger partial charge in [0.15, 0.2) is 0 Å². The Labute approximate surface area is 115 Å². The van der Waals surface area contributed by atoms with Crippen LogP contribution in [0.3, 0.4) is 0 Å². The smallest absolute Gasteiger partial charge is 0.0300 e. The average Bonchev–Trinajstić information content (AvgIpc) is 2.82. The van der Waals surface area contributed by atoms with Gasteiger partial charge in [0.1, 0.15) is 0 Å². The first-order chi connectivity index (χ1) is 8.58. The van der Waals surface area contributed by atoms with Crippen molar-refractivity contribution in [1.29, 1.82) is 0 Å². The number of rotatable bonds is 5. The highest BCUT2D eigenvalue weighted by Crippen LogP contribution is 2.18. The molecule has 1 saturated heterocycles. The van der Waals surface area contributed by atoms with Crippen molar-refractivity contribution in [3.8, 4) is 0 Å². The van der Waals surface area contributed by atoms with Crippen molar-refractivity contribution in [2.45, 2.75) is 25.9 Å². The fraction of sp³-hybridized carbons (Fsp3) is 0.714. The van der Waals surface area contributed by atoms with Gasteiger partial charge in [-0.2, -0.15) is 0 Å². The molecule has 1 aliphatic heterocycles. The normalized spacial score (nSPS) is 21.3. The zero-order valence-corrected chi connectivity index (χ0v) is 12.6. The Hall–Kier alpha value is -0.420. The molecule has 1 aromatic rings. The molecule has 0 unspecified atom stereocenters. The first-order valence-electron chi connectivity index (χ1n) is 6.75. The molecule has 0 atom stereocenters. The molecular formula is C14H25N3S. The van der Waals surface area contributed by atoms with Crippen LogP contribution in [0.4, 0.5) is 0 Å². The van der Waals surface area contributed by atoms with Crippen molar-refractivity contribution in [3.05, 3.63) is 22.4 Å². The Kier molecular flexibility index (Phi) is 4.78. The second-order valence-electron chi connectivity index (χ2n) is 5.77. The van der Waals surface area contributed by atoms with Gasteiger partial charge in [-0.25, -0.2) is 0 Å². The quantitative estimate of drug-likeness (QED) is 0.822. The van der Waals surface area contributed by atoms with Crippen molar-refractivity contribution in [1.82, 2.24) is 15.1 Å². The van der Waals surface area contributed by atoms with Gasteiger partial charge in [-0.3, -0.25) is 9.80 Å². The van der Waals surface area contributed by atoms with Crippen LogP contribution in [0.25, 0.3) is 0 Å². The molecule has 1 aliphatic rings. The van der Waals surface area contributed by atoms with Gasteiger partial charge in [-0.1, -0.05) is 6.07 Å². The largest absolute Gasteiger partial charge is 0.311 e. The van der Waals surface area contributed by atoms with Gasteiger partial charge in [0.05, 0.1) is 0 Å². The molecule has 0 saturated carbocycles. The number of nitrogens with zero attached hydrogens (tertiary/aromatic N) is 2. The Morgan fingerprint density at radius 1 is 1.39 bits per heavy atom. The molecule has 2 heterocycles. The standard InChI is InChI=1S/C14H25N3S/c1-14(2)12-17(9-8-16(14)3)7-6-15-11-13-5-4-10-18-13/h4-5,10,15H,6-9,11-12H2,1-3H3. The maximum Gasteiger partial charge on any atom is 0.0300 e. The summed E-state index contributed by atoms with van der Waals surface area (Å²) in [4.78, 5) is 6.46. The molecule has 0 aromatic carbocycles. The lowest BCUT2D eigenvalue weighted by molar-refractivity contribution is 0.0407. The molecule has 0 aliphatic carbocycles. The van der Waals surface area contributed by atoms with Crippen LogP contribution >= 0.6 is 11.3 Å². The van der Waals surface area contributed by atoms with Gasteiger partial charge in [-0.05, 0) is 32.3 Å². The van der Waals surface area contributed by atoms with Gasteiger partial charge in [-0.15, -0.1) is 11.3 Å². The van der Waals surface area contributed by atoms with Crippen LogP contribution in [-0.4, -0.2) is 55.1 Å². The lowest BCUT2D eigenvalue weighted by Crippen LogP contribution is -2.58. The third-order valence-corrected chi connectivity index (χ3v) is 4.76. The van der Waals surface area contributed by atoms with Gasteiger partial charge in [0.2, 0.25) is 0 Å². The Morgan fingerprint density at radius 3 is 2.89 bits per heavy atom. The Bertz CT molecular complexity index is 348. The zero-order valence-electron chi connectivity index (χ0n) is 11.8. The van der Waals surface area contributed by atoms with Crippen molar-refractivity contribution in [2.24, 2.45) is 0 Å². The summed E-state index contributed by atoms with van der Waals surface area (Å²) in [5, 5.41) is 5.67. The third-order valence-electron chi connectivity index (χ3n) is 3.88. The van der Waals surface area contributed by atoms with E-state index in [1.165, 1.54) is 24.5 Å². The second kappa shape index (κ2) is 6.15. The number of thiophene rings is 1. The van der Waals surface area contributed by atoms with Crippen molar-refractivity contribution in [3.63, 3.8) is 0 Å². The van der Waals surface area contributed by atoms with E-state index < -0.39 is 0 Å². The summed E-state index contributed by atoms with van der Waals surface area (Å²) in [5.74, 6) is 0. The van der Waals surface area contributed by atoms with Crippen LogP contribution < -0.4 is 5.32 Å². The summed E-state index contributed by atoms with van der Waals surface area (Å²) < 4.78 is 0. The van der Waals surface area contributed by atoms with Crippen LogP contribution in [0.15, 0.2) is 17.5 Å². The monoisotopic (exact) mass is 267 g/mol. The summed E-state index contributed by atoms with van der Waals surface area (Å²) in [5.41, 5.74) is 0.312. The van der Waals surface area contributed by atoms with E-state index in [1.54, 1.807) is 0 Å². The molecule has 0 spiro atoms. The second-order valence-corrected chi connectivity index (χ2v) is 6.80. The van der Waals surface area contributed by atoms with Crippen LogP contribution in [-0.2, 0) is 6.54 Å². The predicted octanol–water partition coefficient (Wildman–Crippen LogP) is 1.86. The van der Waals surface area contributed by atoms with Crippen LogP contribution in [0.1, 0.15) is 18.7 Å². The Morgan fingerprint density at radius 2 is 2.22 bits per heavy atom. The summed E-state index contributed by atoms with van der Waals surface area (Å²) in [7, 11) is 2.23. The van der Waals surface area contributed by atoms with E-state index in [-0.39, 0.29) is 0 Å². The lowest BCUT2D eigenvalue weighted by Gasteiger charge is -2.45. The molecule has 1 aromatic heterocycles. The SMILES string of the molecule is CN1CCN(CCNCc2cccs2)CC1(C)C. The van der Waals surface area contributed by atoms with Gasteiger partial charge in [0, 0.05) is 49.7 Å². The van der Waals surface area contributed by atoms with Gasteiger partial charge in [0.25, 0.3) is 0 Å². The maximum absolute atomic E-state index is 3.53. The van der Waals surface area contributed by atoms with Crippen molar-refractivity contribution < 1.29 is 0 Å². The molecule has 102 valence electrons. The molecule has 0 bridgehead atoms. The first kappa shape index (κ1) is 14.0. The highest BCUT2D eigenvalue weighted by Gasteiger charge is 2.30. The Balaban J connectivity index is 1.65. The minimum atomic E-state index is 0.312. The minimum Gasteiger partial charge on any atom is -0.311 e.